The summed E-state index contributed by atoms with van der Waals surface area (Å²) in [5, 5.41) is 7.00. The van der Waals surface area contributed by atoms with E-state index in [0.717, 1.165) is 37.4 Å². The molecule has 0 radical (unpaired) electrons. The molecule has 1 heterocycles. The molecule has 4 heteroatoms. The summed E-state index contributed by atoms with van der Waals surface area (Å²) in [6, 6.07) is 0.553. The lowest BCUT2D eigenvalue weighted by Gasteiger charge is -2.15. The lowest BCUT2D eigenvalue weighted by molar-refractivity contribution is 0.629. The number of nitrogens with zero attached hydrogens (tertiary/aromatic N) is 2. The van der Waals surface area contributed by atoms with E-state index in [1.807, 2.05) is 0 Å². The monoisotopic (exact) mass is 262 g/mol. The fraction of sp³-hybridized carbons (Fsp3) is 0.733. The summed E-state index contributed by atoms with van der Waals surface area (Å²) in [6.45, 7) is 9.91. The summed E-state index contributed by atoms with van der Waals surface area (Å²) in [5.41, 5.74) is 1.65. The average molecular weight is 262 g/mol. The van der Waals surface area contributed by atoms with Crippen molar-refractivity contribution in [3.05, 3.63) is 11.9 Å². The van der Waals surface area contributed by atoms with Gasteiger partial charge in [0.15, 0.2) is 0 Å². The van der Waals surface area contributed by atoms with Crippen LogP contribution in [-0.4, -0.2) is 22.6 Å². The van der Waals surface area contributed by atoms with Crippen LogP contribution in [0.4, 0.5) is 11.6 Å². The minimum absolute atomic E-state index is 0.408. The molecular formula is C15H26N4. The molecule has 106 valence electrons. The van der Waals surface area contributed by atoms with Crippen LogP contribution in [0.3, 0.4) is 0 Å². The van der Waals surface area contributed by atoms with E-state index in [4.69, 9.17) is 0 Å². The topological polar surface area (TPSA) is 49.8 Å². The van der Waals surface area contributed by atoms with Gasteiger partial charge in [-0.2, -0.15) is 0 Å². The van der Waals surface area contributed by atoms with Gasteiger partial charge in [-0.1, -0.05) is 34.1 Å². The zero-order valence-corrected chi connectivity index (χ0v) is 12.6. The number of nitrogens with one attached hydrogen (secondary N) is 2. The number of anilines is 2. The molecule has 0 aromatic carbocycles. The largest absolute Gasteiger partial charge is 0.370 e. The summed E-state index contributed by atoms with van der Waals surface area (Å²) in [5.74, 6) is 2.02. The second kappa shape index (κ2) is 5.76. The first-order valence-corrected chi connectivity index (χ1v) is 7.42. The van der Waals surface area contributed by atoms with Crippen molar-refractivity contribution in [2.75, 3.05) is 17.2 Å². The Morgan fingerprint density at radius 1 is 1.21 bits per heavy atom. The predicted molar refractivity (Wildman–Crippen MR) is 80.6 cm³/mol. The normalized spacial score (nSPS) is 20.1. The molecule has 2 N–H and O–H groups in total. The van der Waals surface area contributed by atoms with Gasteiger partial charge in [0.05, 0.1) is 0 Å². The summed E-state index contributed by atoms with van der Waals surface area (Å²) < 4.78 is 0. The van der Waals surface area contributed by atoms with Gasteiger partial charge in [0.2, 0.25) is 0 Å². The molecule has 1 fully saturated rings. The Morgan fingerprint density at radius 2 is 1.89 bits per heavy atom. The van der Waals surface area contributed by atoms with E-state index in [1.165, 1.54) is 12.0 Å². The van der Waals surface area contributed by atoms with Gasteiger partial charge >= 0.3 is 0 Å². The highest BCUT2D eigenvalue weighted by Crippen LogP contribution is 2.46. The molecule has 1 aromatic heterocycles. The molecule has 0 amide bonds. The van der Waals surface area contributed by atoms with E-state index in [-0.39, 0.29) is 0 Å². The van der Waals surface area contributed by atoms with Crippen molar-refractivity contribution in [2.45, 2.75) is 59.4 Å². The molecule has 4 nitrogen and oxygen atoms in total. The zero-order chi connectivity index (χ0) is 13.9. The Labute approximate surface area is 116 Å². The third kappa shape index (κ3) is 3.37. The lowest BCUT2D eigenvalue weighted by atomic mass is 10.1. The first-order chi connectivity index (χ1) is 9.08. The molecule has 0 spiro atoms. The van der Waals surface area contributed by atoms with Gasteiger partial charge in [-0.05, 0) is 24.7 Å². The van der Waals surface area contributed by atoms with E-state index < -0.39 is 0 Å². The third-order valence-electron chi connectivity index (χ3n) is 3.81. The number of rotatable bonds is 7. The van der Waals surface area contributed by atoms with Crippen molar-refractivity contribution < 1.29 is 0 Å². The minimum atomic E-state index is 0.408. The van der Waals surface area contributed by atoms with Crippen LogP contribution in [0.15, 0.2) is 6.33 Å². The van der Waals surface area contributed by atoms with Crippen LogP contribution < -0.4 is 10.6 Å². The summed E-state index contributed by atoms with van der Waals surface area (Å²) in [4.78, 5) is 8.85. The van der Waals surface area contributed by atoms with Crippen molar-refractivity contribution in [3.63, 3.8) is 0 Å². The number of aromatic nitrogens is 2. The van der Waals surface area contributed by atoms with Crippen LogP contribution in [0.25, 0.3) is 0 Å². The molecular weight excluding hydrogens is 236 g/mol. The highest BCUT2D eigenvalue weighted by atomic mass is 15.1. The first kappa shape index (κ1) is 14.1. The molecule has 1 aliphatic rings. The Bertz CT molecular complexity index is 428. The van der Waals surface area contributed by atoms with Crippen LogP contribution in [0.5, 0.6) is 0 Å². The first-order valence-electron chi connectivity index (χ1n) is 7.42. The van der Waals surface area contributed by atoms with Crippen LogP contribution in [0.2, 0.25) is 0 Å². The maximum atomic E-state index is 4.45. The summed E-state index contributed by atoms with van der Waals surface area (Å²) in [7, 11) is 0. The predicted octanol–water partition coefficient (Wildman–Crippen LogP) is 3.46. The molecule has 0 saturated heterocycles. The van der Waals surface area contributed by atoms with E-state index >= 15 is 0 Å². The van der Waals surface area contributed by atoms with E-state index in [1.54, 1.807) is 6.33 Å². The fourth-order valence-electron chi connectivity index (χ4n) is 2.30. The van der Waals surface area contributed by atoms with Gasteiger partial charge in [-0.3, -0.25) is 0 Å². The van der Waals surface area contributed by atoms with Gasteiger partial charge in [-0.15, -0.1) is 0 Å². The number of hydrogen-bond acceptors (Lipinski definition) is 4. The van der Waals surface area contributed by atoms with Crippen molar-refractivity contribution in [1.29, 1.82) is 0 Å². The van der Waals surface area contributed by atoms with Crippen LogP contribution in [-0.2, 0) is 6.42 Å². The smallest absolute Gasteiger partial charge is 0.134 e. The fourth-order valence-corrected chi connectivity index (χ4v) is 2.30. The highest BCUT2D eigenvalue weighted by molar-refractivity contribution is 5.58. The zero-order valence-electron chi connectivity index (χ0n) is 12.6. The van der Waals surface area contributed by atoms with E-state index in [9.17, 15) is 0 Å². The summed E-state index contributed by atoms with van der Waals surface area (Å²) in [6.07, 6.45) is 6.11. The third-order valence-corrected chi connectivity index (χ3v) is 3.81. The van der Waals surface area contributed by atoms with E-state index in [2.05, 4.69) is 48.3 Å². The Hall–Kier alpha value is -1.32. The van der Waals surface area contributed by atoms with Crippen molar-refractivity contribution in [1.82, 2.24) is 9.97 Å². The minimum Gasteiger partial charge on any atom is -0.370 e. The molecule has 0 bridgehead atoms. The second-order valence-electron chi connectivity index (χ2n) is 6.12. The highest BCUT2D eigenvalue weighted by Gasteiger charge is 2.46. The molecule has 0 aliphatic heterocycles. The lowest BCUT2D eigenvalue weighted by Crippen LogP contribution is -2.14. The van der Waals surface area contributed by atoms with Crippen molar-refractivity contribution >= 4 is 11.6 Å². The van der Waals surface area contributed by atoms with Crippen molar-refractivity contribution in [3.8, 4) is 0 Å². The molecule has 1 saturated carbocycles. The molecule has 2 rings (SSSR count). The van der Waals surface area contributed by atoms with Gasteiger partial charge in [0.25, 0.3) is 0 Å². The van der Waals surface area contributed by atoms with Crippen LogP contribution >= 0.6 is 0 Å². The quantitative estimate of drug-likeness (QED) is 0.790. The average Bonchev–Trinajstić information content (AvgIpc) is 2.97. The second-order valence-corrected chi connectivity index (χ2v) is 6.12. The molecule has 1 atom stereocenters. The Kier molecular flexibility index (Phi) is 4.27. The van der Waals surface area contributed by atoms with Crippen LogP contribution in [0.1, 0.15) is 52.5 Å². The molecule has 1 unspecified atom stereocenters. The van der Waals surface area contributed by atoms with Gasteiger partial charge in [0.1, 0.15) is 18.0 Å². The molecule has 19 heavy (non-hydrogen) atoms. The standard InChI is InChI=1S/C15H26N4/c1-5-7-11-13(16-8-6-2)17-10-18-14(11)19-12-9-15(12,3)4/h10,12H,5-9H2,1-4H3,(H2,16,17,18,19). The van der Waals surface area contributed by atoms with Gasteiger partial charge in [0, 0.05) is 18.2 Å². The Morgan fingerprint density at radius 3 is 2.47 bits per heavy atom. The maximum absolute atomic E-state index is 4.45. The SMILES string of the molecule is CCCNc1ncnc(NC2CC2(C)C)c1CCC. The Balaban J connectivity index is 2.16. The molecule has 1 aromatic rings. The summed E-state index contributed by atoms with van der Waals surface area (Å²) >= 11 is 0. The van der Waals surface area contributed by atoms with E-state index in [0.29, 0.717) is 11.5 Å². The van der Waals surface area contributed by atoms with Gasteiger partial charge in [-0.25, -0.2) is 9.97 Å². The van der Waals surface area contributed by atoms with Gasteiger partial charge < -0.3 is 10.6 Å². The maximum Gasteiger partial charge on any atom is 0.134 e. The molecule has 1 aliphatic carbocycles. The number of hydrogen-bond donors (Lipinski definition) is 2. The van der Waals surface area contributed by atoms with Crippen molar-refractivity contribution in [2.24, 2.45) is 5.41 Å². The van der Waals surface area contributed by atoms with Crippen LogP contribution in [0, 0.1) is 5.41 Å².